The van der Waals surface area contributed by atoms with Crippen LogP contribution in [0.4, 0.5) is 0 Å². The molecule has 118 valence electrons. The van der Waals surface area contributed by atoms with Gasteiger partial charge in [-0.05, 0) is 42.7 Å². The van der Waals surface area contributed by atoms with Crippen LogP contribution in [-0.2, 0) is 12.8 Å². The summed E-state index contributed by atoms with van der Waals surface area (Å²) in [5, 5.41) is 0. The molecule has 0 spiro atoms. The van der Waals surface area contributed by atoms with Crippen LogP contribution in [0.5, 0.6) is 0 Å². The second-order valence-corrected chi connectivity index (χ2v) is 6.60. The maximum atomic E-state index is 5.84. The average Bonchev–Trinajstić information content (AvgIpc) is 2.54. The SMILES string of the molecule is CCCCCCCCC(NN)C1CCc2ccccc2C1. The zero-order chi connectivity index (χ0) is 14.9. The van der Waals surface area contributed by atoms with E-state index in [4.69, 9.17) is 5.84 Å². The summed E-state index contributed by atoms with van der Waals surface area (Å²) in [6.45, 7) is 2.27. The lowest BCUT2D eigenvalue weighted by Crippen LogP contribution is -2.42. The van der Waals surface area contributed by atoms with Gasteiger partial charge in [-0.15, -0.1) is 0 Å². The monoisotopic (exact) mass is 288 g/mol. The molecular weight excluding hydrogens is 256 g/mol. The topological polar surface area (TPSA) is 38.0 Å². The summed E-state index contributed by atoms with van der Waals surface area (Å²) in [4.78, 5) is 0. The third kappa shape index (κ3) is 5.12. The van der Waals surface area contributed by atoms with Crippen LogP contribution in [-0.4, -0.2) is 6.04 Å². The summed E-state index contributed by atoms with van der Waals surface area (Å²) >= 11 is 0. The van der Waals surface area contributed by atoms with Crippen molar-refractivity contribution in [2.75, 3.05) is 0 Å². The summed E-state index contributed by atoms with van der Waals surface area (Å²) in [5.41, 5.74) is 6.19. The lowest BCUT2D eigenvalue weighted by molar-refractivity contribution is 0.300. The van der Waals surface area contributed by atoms with Crippen LogP contribution < -0.4 is 11.3 Å². The van der Waals surface area contributed by atoms with Crippen molar-refractivity contribution in [3.63, 3.8) is 0 Å². The molecule has 0 saturated carbocycles. The van der Waals surface area contributed by atoms with Crippen molar-refractivity contribution in [1.82, 2.24) is 5.43 Å². The molecule has 0 amide bonds. The summed E-state index contributed by atoms with van der Waals surface area (Å²) in [7, 11) is 0. The van der Waals surface area contributed by atoms with Gasteiger partial charge in [0.05, 0.1) is 0 Å². The van der Waals surface area contributed by atoms with Gasteiger partial charge in [0.1, 0.15) is 0 Å². The highest BCUT2D eigenvalue weighted by atomic mass is 15.2. The Bertz CT molecular complexity index is 402. The van der Waals surface area contributed by atoms with E-state index in [1.54, 1.807) is 5.56 Å². The van der Waals surface area contributed by atoms with E-state index < -0.39 is 0 Å². The number of hydrazine groups is 1. The lowest BCUT2D eigenvalue weighted by atomic mass is 9.79. The van der Waals surface area contributed by atoms with Crippen LogP contribution in [0.2, 0.25) is 0 Å². The van der Waals surface area contributed by atoms with E-state index in [1.807, 2.05) is 0 Å². The second-order valence-electron chi connectivity index (χ2n) is 6.60. The van der Waals surface area contributed by atoms with Crippen LogP contribution in [0.15, 0.2) is 24.3 Å². The summed E-state index contributed by atoms with van der Waals surface area (Å²) in [6, 6.07) is 9.39. The van der Waals surface area contributed by atoms with Gasteiger partial charge in [-0.25, -0.2) is 0 Å². The van der Waals surface area contributed by atoms with Gasteiger partial charge in [0.15, 0.2) is 0 Å². The van der Waals surface area contributed by atoms with Gasteiger partial charge >= 0.3 is 0 Å². The maximum absolute atomic E-state index is 5.84. The van der Waals surface area contributed by atoms with Crippen LogP contribution in [0, 0.1) is 5.92 Å². The first-order valence-electron chi connectivity index (χ1n) is 8.88. The molecule has 21 heavy (non-hydrogen) atoms. The number of fused-ring (bicyclic) bond motifs is 1. The van der Waals surface area contributed by atoms with Gasteiger partial charge in [0.2, 0.25) is 0 Å². The number of aryl methyl sites for hydroxylation is 1. The molecule has 2 nitrogen and oxygen atoms in total. The van der Waals surface area contributed by atoms with Crippen LogP contribution in [0.25, 0.3) is 0 Å². The minimum atomic E-state index is 0.490. The molecule has 0 radical (unpaired) electrons. The van der Waals surface area contributed by atoms with E-state index in [0.717, 1.165) is 0 Å². The van der Waals surface area contributed by atoms with Crippen molar-refractivity contribution >= 4 is 0 Å². The first-order chi connectivity index (χ1) is 10.3. The Morgan fingerprint density at radius 1 is 1.10 bits per heavy atom. The molecule has 2 heteroatoms. The quantitative estimate of drug-likeness (QED) is 0.402. The van der Waals surface area contributed by atoms with Gasteiger partial charge in [0, 0.05) is 6.04 Å². The Labute approximate surface area is 130 Å². The van der Waals surface area contributed by atoms with Crippen molar-refractivity contribution in [3.05, 3.63) is 35.4 Å². The minimum absolute atomic E-state index is 0.490. The number of benzene rings is 1. The number of rotatable bonds is 9. The largest absolute Gasteiger partial charge is 0.271 e. The van der Waals surface area contributed by atoms with Crippen molar-refractivity contribution < 1.29 is 0 Å². The van der Waals surface area contributed by atoms with Gasteiger partial charge in [0.25, 0.3) is 0 Å². The van der Waals surface area contributed by atoms with Gasteiger partial charge in [-0.3, -0.25) is 11.3 Å². The van der Waals surface area contributed by atoms with Crippen molar-refractivity contribution in [1.29, 1.82) is 0 Å². The fraction of sp³-hybridized carbons (Fsp3) is 0.684. The van der Waals surface area contributed by atoms with E-state index in [2.05, 4.69) is 36.6 Å². The van der Waals surface area contributed by atoms with Crippen molar-refractivity contribution in [2.24, 2.45) is 11.8 Å². The van der Waals surface area contributed by atoms with E-state index >= 15 is 0 Å². The standard InChI is InChI=1S/C19H32N2/c1-2-3-4-5-6-7-12-19(21-20)18-14-13-16-10-8-9-11-17(16)15-18/h8-11,18-19,21H,2-7,12-15,20H2,1H3. The van der Waals surface area contributed by atoms with Crippen LogP contribution in [0.3, 0.4) is 0 Å². The molecule has 1 aliphatic carbocycles. The second kappa shape index (κ2) is 9.22. The molecule has 0 fully saturated rings. The zero-order valence-electron chi connectivity index (χ0n) is 13.6. The number of hydrogen-bond donors (Lipinski definition) is 2. The Hall–Kier alpha value is -0.860. The van der Waals surface area contributed by atoms with Gasteiger partial charge in [-0.2, -0.15) is 0 Å². The number of unbranched alkanes of at least 4 members (excludes halogenated alkanes) is 5. The predicted molar refractivity (Wildman–Crippen MR) is 91.1 cm³/mol. The Morgan fingerprint density at radius 2 is 1.81 bits per heavy atom. The highest BCUT2D eigenvalue weighted by Gasteiger charge is 2.24. The molecule has 3 N–H and O–H groups in total. The molecule has 1 aliphatic rings. The normalized spacial score (nSPS) is 19.2. The van der Waals surface area contributed by atoms with E-state index in [0.29, 0.717) is 12.0 Å². The fourth-order valence-electron chi connectivity index (χ4n) is 3.67. The molecule has 2 unspecified atom stereocenters. The first-order valence-corrected chi connectivity index (χ1v) is 8.88. The van der Waals surface area contributed by atoms with Crippen LogP contribution in [0.1, 0.15) is 69.4 Å². The van der Waals surface area contributed by atoms with Gasteiger partial charge < -0.3 is 0 Å². The van der Waals surface area contributed by atoms with Crippen molar-refractivity contribution in [3.8, 4) is 0 Å². The first kappa shape index (κ1) is 16.5. The Balaban J connectivity index is 1.74. The molecule has 0 aromatic heterocycles. The summed E-state index contributed by atoms with van der Waals surface area (Å²) in [5.74, 6) is 6.54. The maximum Gasteiger partial charge on any atom is 0.0242 e. The van der Waals surface area contributed by atoms with Gasteiger partial charge in [-0.1, -0.05) is 69.7 Å². The third-order valence-corrected chi connectivity index (χ3v) is 5.04. The minimum Gasteiger partial charge on any atom is -0.271 e. The van der Waals surface area contributed by atoms with E-state index in [-0.39, 0.29) is 0 Å². The Morgan fingerprint density at radius 3 is 2.57 bits per heavy atom. The summed E-state index contributed by atoms with van der Waals surface area (Å²) in [6.07, 6.45) is 13.1. The number of nitrogens with two attached hydrogens (primary N) is 1. The molecule has 0 bridgehead atoms. The third-order valence-electron chi connectivity index (χ3n) is 5.04. The Kier molecular flexibility index (Phi) is 7.25. The highest BCUT2D eigenvalue weighted by Crippen LogP contribution is 2.29. The molecule has 1 aromatic rings. The van der Waals surface area contributed by atoms with Crippen LogP contribution >= 0.6 is 0 Å². The number of hydrogen-bond acceptors (Lipinski definition) is 2. The van der Waals surface area contributed by atoms with E-state index in [9.17, 15) is 0 Å². The zero-order valence-corrected chi connectivity index (χ0v) is 13.6. The number of nitrogens with one attached hydrogen (secondary N) is 1. The highest BCUT2D eigenvalue weighted by molar-refractivity contribution is 5.29. The smallest absolute Gasteiger partial charge is 0.0242 e. The fourth-order valence-corrected chi connectivity index (χ4v) is 3.67. The molecule has 0 heterocycles. The molecular formula is C19H32N2. The van der Waals surface area contributed by atoms with E-state index in [1.165, 1.54) is 69.8 Å². The summed E-state index contributed by atoms with van der Waals surface area (Å²) < 4.78 is 0. The predicted octanol–water partition coefficient (Wildman–Crippen LogP) is 4.37. The lowest BCUT2D eigenvalue weighted by Gasteiger charge is -2.31. The van der Waals surface area contributed by atoms with Crippen molar-refractivity contribution in [2.45, 2.75) is 77.2 Å². The molecule has 0 aliphatic heterocycles. The average molecular weight is 288 g/mol. The molecule has 1 aromatic carbocycles. The molecule has 2 atom stereocenters. The molecule has 0 saturated heterocycles. The molecule has 2 rings (SSSR count).